The van der Waals surface area contributed by atoms with Crippen LogP contribution in [0, 0.1) is 11.8 Å². The SMILES string of the molecule is C[C@@H]1CN(CC2CCN(C(=O)OC(C)(C)C)CC2)C[C@@H](C)N1C(=O)[C@H](NC(=O)OCc1ccccc1)C1CCCCC1. The van der Waals surface area contributed by atoms with Gasteiger partial charge in [-0.3, -0.25) is 9.69 Å². The summed E-state index contributed by atoms with van der Waals surface area (Å²) in [6, 6.07) is 9.11. The van der Waals surface area contributed by atoms with E-state index in [0.717, 1.165) is 76.8 Å². The van der Waals surface area contributed by atoms with Crippen LogP contribution in [-0.4, -0.2) is 89.2 Å². The van der Waals surface area contributed by atoms with Crippen LogP contribution in [-0.2, 0) is 20.9 Å². The van der Waals surface area contributed by atoms with E-state index in [1.165, 1.54) is 6.42 Å². The first-order chi connectivity index (χ1) is 20.0. The lowest BCUT2D eigenvalue weighted by Gasteiger charge is -2.47. The lowest BCUT2D eigenvalue weighted by atomic mass is 9.83. The van der Waals surface area contributed by atoms with Gasteiger partial charge in [-0.2, -0.15) is 0 Å². The van der Waals surface area contributed by atoms with E-state index >= 15 is 0 Å². The molecule has 4 rings (SSSR count). The van der Waals surface area contributed by atoms with Crippen molar-refractivity contribution in [1.82, 2.24) is 20.0 Å². The zero-order valence-electron chi connectivity index (χ0n) is 26.3. The van der Waals surface area contributed by atoms with Crippen molar-refractivity contribution in [2.45, 2.75) is 110 Å². The van der Waals surface area contributed by atoms with Gasteiger partial charge in [0.1, 0.15) is 18.2 Å². The van der Waals surface area contributed by atoms with E-state index in [1.807, 2.05) is 60.9 Å². The number of rotatable bonds is 7. The molecule has 3 atom stereocenters. The van der Waals surface area contributed by atoms with Crippen LogP contribution >= 0.6 is 0 Å². The highest BCUT2D eigenvalue weighted by atomic mass is 16.6. The molecule has 2 saturated heterocycles. The average Bonchev–Trinajstić information content (AvgIpc) is 2.95. The number of alkyl carbamates (subject to hydrolysis) is 1. The van der Waals surface area contributed by atoms with Crippen molar-refractivity contribution >= 4 is 18.1 Å². The van der Waals surface area contributed by atoms with Crippen LogP contribution in [0.4, 0.5) is 9.59 Å². The van der Waals surface area contributed by atoms with Gasteiger partial charge in [0.05, 0.1) is 0 Å². The van der Waals surface area contributed by atoms with Crippen LogP contribution in [0.5, 0.6) is 0 Å². The summed E-state index contributed by atoms with van der Waals surface area (Å²) in [4.78, 5) is 45.8. The summed E-state index contributed by atoms with van der Waals surface area (Å²) < 4.78 is 11.1. The minimum Gasteiger partial charge on any atom is -0.445 e. The van der Waals surface area contributed by atoms with Gasteiger partial charge in [0.2, 0.25) is 5.91 Å². The van der Waals surface area contributed by atoms with E-state index in [2.05, 4.69) is 24.1 Å². The Labute approximate surface area is 252 Å². The van der Waals surface area contributed by atoms with Gasteiger partial charge in [-0.25, -0.2) is 9.59 Å². The van der Waals surface area contributed by atoms with Crippen molar-refractivity contribution in [3.05, 3.63) is 35.9 Å². The van der Waals surface area contributed by atoms with Crippen LogP contribution in [0.15, 0.2) is 30.3 Å². The summed E-state index contributed by atoms with van der Waals surface area (Å²) >= 11 is 0. The number of amides is 3. The van der Waals surface area contributed by atoms with Crippen LogP contribution in [0.3, 0.4) is 0 Å². The normalized spacial score (nSPS) is 23.7. The second-order valence-electron chi connectivity index (χ2n) is 13.7. The molecule has 0 unspecified atom stereocenters. The highest BCUT2D eigenvalue weighted by molar-refractivity contribution is 5.86. The summed E-state index contributed by atoms with van der Waals surface area (Å²) in [5.41, 5.74) is 0.438. The Morgan fingerprint density at radius 3 is 2.14 bits per heavy atom. The van der Waals surface area contributed by atoms with E-state index in [0.29, 0.717) is 5.92 Å². The molecule has 42 heavy (non-hydrogen) atoms. The predicted octanol–water partition coefficient (Wildman–Crippen LogP) is 5.43. The van der Waals surface area contributed by atoms with Crippen molar-refractivity contribution in [3.8, 4) is 0 Å². The van der Waals surface area contributed by atoms with Gasteiger partial charge in [0.25, 0.3) is 0 Å². The maximum Gasteiger partial charge on any atom is 0.410 e. The fraction of sp³-hybridized carbons (Fsp3) is 0.727. The number of nitrogens with zero attached hydrogens (tertiary/aromatic N) is 3. The monoisotopic (exact) mass is 584 g/mol. The second kappa shape index (κ2) is 14.6. The topological polar surface area (TPSA) is 91.4 Å². The average molecular weight is 585 g/mol. The Morgan fingerprint density at radius 1 is 0.929 bits per heavy atom. The summed E-state index contributed by atoms with van der Waals surface area (Å²) in [7, 11) is 0. The number of ether oxygens (including phenoxy) is 2. The number of piperidine rings is 1. The van der Waals surface area contributed by atoms with Crippen molar-refractivity contribution in [3.63, 3.8) is 0 Å². The van der Waals surface area contributed by atoms with Gasteiger partial charge in [-0.1, -0.05) is 49.6 Å². The molecule has 2 aliphatic heterocycles. The third-order valence-electron chi connectivity index (χ3n) is 8.91. The highest BCUT2D eigenvalue weighted by Crippen LogP contribution is 2.30. The van der Waals surface area contributed by atoms with Gasteiger partial charge >= 0.3 is 12.2 Å². The molecule has 0 radical (unpaired) electrons. The maximum absolute atomic E-state index is 14.1. The first-order valence-electron chi connectivity index (χ1n) is 16.0. The van der Waals surface area contributed by atoms with E-state index in [4.69, 9.17) is 9.47 Å². The molecule has 2 heterocycles. The lowest BCUT2D eigenvalue weighted by molar-refractivity contribution is -0.143. The van der Waals surface area contributed by atoms with Gasteiger partial charge < -0.3 is 24.6 Å². The summed E-state index contributed by atoms with van der Waals surface area (Å²) in [5, 5.41) is 2.99. The molecule has 0 spiro atoms. The molecular weight excluding hydrogens is 532 g/mol. The van der Waals surface area contributed by atoms with Crippen molar-refractivity contribution < 1.29 is 23.9 Å². The first-order valence-corrected chi connectivity index (χ1v) is 16.0. The van der Waals surface area contributed by atoms with Crippen LogP contribution < -0.4 is 5.32 Å². The summed E-state index contributed by atoms with van der Waals surface area (Å²) in [5.74, 6) is 0.661. The van der Waals surface area contributed by atoms with Gasteiger partial charge in [0, 0.05) is 44.8 Å². The van der Waals surface area contributed by atoms with Crippen molar-refractivity contribution in [2.24, 2.45) is 11.8 Å². The van der Waals surface area contributed by atoms with Crippen LogP contribution in [0.2, 0.25) is 0 Å². The van der Waals surface area contributed by atoms with Gasteiger partial charge in [0.15, 0.2) is 0 Å². The molecule has 1 aliphatic carbocycles. The maximum atomic E-state index is 14.1. The predicted molar refractivity (Wildman–Crippen MR) is 163 cm³/mol. The highest BCUT2D eigenvalue weighted by Gasteiger charge is 2.41. The molecule has 0 aromatic heterocycles. The van der Waals surface area contributed by atoms with E-state index in [9.17, 15) is 14.4 Å². The Kier molecular flexibility index (Phi) is 11.1. The number of hydrogen-bond acceptors (Lipinski definition) is 6. The Morgan fingerprint density at radius 2 is 1.55 bits per heavy atom. The molecule has 3 aliphatic rings. The van der Waals surface area contributed by atoms with Crippen LogP contribution in [0.1, 0.15) is 85.1 Å². The summed E-state index contributed by atoms with van der Waals surface area (Å²) in [6.45, 7) is 14.1. The molecule has 3 amide bonds. The number of nitrogens with one attached hydrogen (secondary N) is 1. The standard InChI is InChI=1S/C33H52N4O5/c1-24-20-35(22-26-16-18-36(19-17-26)32(40)42-33(3,4)5)21-25(2)37(24)30(38)29(28-14-10-7-11-15-28)34-31(39)41-23-27-12-8-6-9-13-27/h6,8-9,12-13,24-26,28-29H,7,10-11,14-23H2,1-5H3,(H,34,39)/t24-,25-,29-/m1/s1. The molecule has 9 heteroatoms. The molecule has 9 nitrogen and oxygen atoms in total. The molecule has 1 saturated carbocycles. The first kappa shape index (κ1) is 32.1. The zero-order valence-corrected chi connectivity index (χ0v) is 26.3. The Hall–Kier alpha value is -2.81. The van der Waals surface area contributed by atoms with Gasteiger partial charge in [-0.15, -0.1) is 0 Å². The molecule has 3 fully saturated rings. The fourth-order valence-corrected chi connectivity index (χ4v) is 6.91. The Bertz CT molecular complexity index is 1020. The zero-order chi connectivity index (χ0) is 30.3. The quantitative estimate of drug-likeness (QED) is 0.460. The third-order valence-corrected chi connectivity index (χ3v) is 8.91. The van der Waals surface area contributed by atoms with Crippen LogP contribution in [0.25, 0.3) is 0 Å². The third kappa shape index (κ3) is 9.09. The molecule has 1 aromatic rings. The molecule has 1 aromatic carbocycles. The second-order valence-corrected chi connectivity index (χ2v) is 13.7. The number of carbonyl (C=O) groups excluding carboxylic acids is 3. The number of likely N-dealkylation sites (tertiary alicyclic amines) is 1. The van der Waals surface area contributed by atoms with E-state index in [1.54, 1.807) is 0 Å². The molecule has 1 N–H and O–H groups in total. The molecular formula is C33H52N4O5. The summed E-state index contributed by atoms with van der Waals surface area (Å²) in [6.07, 6.45) is 6.40. The minimum absolute atomic E-state index is 0.0175. The number of piperazine rings is 1. The molecule has 0 bridgehead atoms. The number of benzene rings is 1. The fourth-order valence-electron chi connectivity index (χ4n) is 6.91. The van der Waals surface area contributed by atoms with E-state index < -0.39 is 17.7 Å². The minimum atomic E-state index is -0.567. The largest absolute Gasteiger partial charge is 0.445 e. The Balaban J connectivity index is 1.31. The number of carbonyl (C=O) groups is 3. The van der Waals surface area contributed by atoms with Crippen molar-refractivity contribution in [1.29, 1.82) is 0 Å². The molecule has 234 valence electrons. The number of hydrogen-bond donors (Lipinski definition) is 1. The van der Waals surface area contributed by atoms with Crippen molar-refractivity contribution in [2.75, 3.05) is 32.7 Å². The van der Waals surface area contributed by atoms with Gasteiger partial charge in [-0.05, 0) is 77.7 Å². The van der Waals surface area contributed by atoms with E-state index in [-0.39, 0.29) is 36.6 Å². The smallest absolute Gasteiger partial charge is 0.410 e. The lowest BCUT2D eigenvalue weighted by Crippen LogP contribution is -2.64.